The van der Waals surface area contributed by atoms with Gasteiger partial charge < -0.3 is 30.9 Å². The molecule has 0 radical (unpaired) electrons. The van der Waals surface area contributed by atoms with Gasteiger partial charge in [-0.15, -0.1) is 11.8 Å². The SMILES string of the molecule is CC(O)C1CN2C(C(=O)O)=C(SC3CNC(C(=O)Nc4cccc(C(=O)O)c4)C3)C(C)C12. The van der Waals surface area contributed by atoms with Gasteiger partial charge >= 0.3 is 11.9 Å². The number of carboxylic acid groups (broad SMARTS) is 2. The molecule has 0 bridgehead atoms. The van der Waals surface area contributed by atoms with Crippen molar-refractivity contribution in [3.8, 4) is 0 Å². The third-order valence-electron chi connectivity index (χ3n) is 6.55. The van der Waals surface area contributed by atoms with E-state index in [-0.39, 0.29) is 34.6 Å². The summed E-state index contributed by atoms with van der Waals surface area (Å²) < 4.78 is 0. The van der Waals surface area contributed by atoms with Gasteiger partial charge in [0.2, 0.25) is 5.91 Å². The quantitative estimate of drug-likeness (QED) is 0.408. The van der Waals surface area contributed by atoms with Gasteiger partial charge in [0.1, 0.15) is 5.70 Å². The number of aliphatic hydroxyl groups excluding tert-OH is 1. The molecule has 0 aliphatic carbocycles. The molecule has 4 rings (SSSR count). The molecule has 0 aromatic heterocycles. The maximum absolute atomic E-state index is 12.7. The van der Waals surface area contributed by atoms with Crippen molar-refractivity contribution in [3.05, 3.63) is 40.4 Å². The Morgan fingerprint density at radius 2 is 2.00 bits per heavy atom. The summed E-state index contributed by atoms with van der Waals surface area (Å²) in [4.78, 5) is 38.4. The van der Waals surface area contributed by atoms with Crippen molar-refractivity contribution in [1.82, 2.24) is 10.2 Å². The van der Waals surface area contributed by atoms with Gasteiger partial charge in [-0.1, -0.05) is 13.0 Å². The summed E-state index contributed by atoms with van der Waals surface area (Å²) in [5.74, 6) is -2.21. The van der Waals surface area contributed by atoms with Gasteiger partial charge in [-0.25, -0.2) is 9.59 Å². The lowest BCUT2D eigenvalue weighted by molar-refractivity contribution is -0.137. The Kier molecular flexibility index (Phi) is 6.19. The number of fused-ring (bicyclic) bond motifs is 1. The molecule has 1 aromatic rings. The molecule has 2 fully saturated rings. The summed E-state index contributed by atoms with van der Waals surface area (Å²) in [6, 6.07) is 5.63. The van der Waals surface area contributed by atoms with Crippen molar-refractivity contribution in [2.24, 2.45) is 11.8 Å². The van der Waals surface area contributed by atoms with Crippen LogP contribution in [0.25, 0.3) is 0 Å². The molecule has 6 atom stereocenters. The van der Waals surface area contributed by atoms with E-state index in [0.29, 0.717) is 30.9 Å². The first-order valence-electron chi connectivity index (χ1n) is 10.6. The van der Waals surface area contributed by atoms with E-state index in [1.165, 1.54) is 23.9 Å². The van der Waals surface area contributed by atoms with E-state index in [4.69, 9.17) is 5.11 Å². The summed E-state index contributed by atoms with van der Waals surface area (Å²) >= 11 is 1.51. The smallest absolute Gasteiger partial charge is 0.353 e. The molecule has 172 valence electrons. The first-order chi connectivity index (χ1) is 15.2. The Bertz CT molecular complexity index is 980. The van der Waals surface area contributed by atoms with Crippen LogP contribution in [0.1, 0.15) is 30.6 Å². The van der Waals surface area contributed by atoms with Crippen LogP contribution in [-0.4, -0.2) is 74.6 Å². The van der Waals surface area contributed by atoms with Crippen LogP contribution in [0.3, 0.4) is 0 Å². The number of nitrogens with zero attached hydrogens (tertiary/aromatic N) is 1. The van der Waals surface area contributed by atoms with Crippen molar-refractivity contribution in [3.63, 3.8) is 0 Å². The summed E-state index contributed by atoms with van der Waals surface area (Å²) in [6.07, 6.45) is 0.0434. The van der Waals surface area contributed by atoms with E-state index in [2.05, 4.69) is 10.6 Å². The van der Waals surface area contributed by atoms with Crippen LogP contribution < -0.4 is 10.6 Å². The number of aliphatic carboxylic acids is 1. The number of carbonyl (C=O) groups excluding carboxylic acids is 1. The molecule has 1 amide bonds. The predicted molar refractivity (Wildman–Crippen MR) is 119 cm³/mol. The van der Waals surface area contributed by atoms with E-state index >= 15 is 0 Å². The highest BCUT2D eigenvalue weighted by molar-refractivity contribution is 8.03. The number of hydrogen-bond donors (Lipinski definition) is 5. The Morgan fingerprint density at radius 1 is 1.25 bits per heavy atom. The van der Waals surface area contributed by atoms with Crippen molar-refractivity contribution < 1.29 is 29.7 Å². The average molecular weight is 462 g/mol. The van der Waals surface area contributed by atoms with Crippen LogP contribution in [0, 0.1) is 11.8 Å². The first-order valence-corrected chi connectivity index (χ1v) is 11.5. The number of amides is 1. The number of hydrogen-bond acceptors (Lipinski definition) is 7. The zero-order valence-corrected chi connectivity index (χ0v) is 18.6. The molecule has 5 N–H and O–H groups in total. The van der Waals surface area contributed by atoms with E-state index in [1.54, 1.807) is 19.1 Å². The van der Waals surface area contributed by atoms with Gasteiger partial charge in [-0.2, -0.15) is 0 Å². The fraction of sp³-hybridized carbons (Fsp3) is 0.500. The van der Waals surface area contributed by atoms with Crippen LogP contribution >= 0.6 is 11.8 Å². The topological polar surface area (TPSA) is 139 Å². The minimum atomic E-state index is -1.06. The third-order valence-corrected chi connectivity index (χ3v) is 8.06. The van der Waals surface area contributed by atoms with E-state index in [9.17, 15) is 24.6 Å². The van der Waals surface area contributed by atoms with Crippen molar-refractivity contribution in [1.29, 1.82) is 0 Å². The van der Waals surface area contributed by atoms with Crippen molar-refractivity contribution in [2.45, 2.75) is 43.7 Å². The second kappa shape index (κ2) is 8.76. The molecule has 10 heteroatoms. The number of anilines is 1. The van der Waals surface area contributed by atoms with Crippen molar-refractivity contribution in [2.75, 3.05) is 18.4 Å². The number of carboxylic acids is 2. The maximum atomic E-state index is 12.7. The number of rotatable bonds is 7. The minimum Gasteiger partial charge on any atom is -0.478 e. The van der Waals surface area contributed by atoms with E-state index < -0.39 is 24.1 Å². The van der Waals surface area contributed by atoms with Crippen LogP contribution in [0.4, 0.5) is 5.69 Å². The average Bonchev–Trinajstić information content (AvgIpc) is 3.24. The minimum absolute atomic E-state index is 0.00132. The van der Waals surface area contributed by atoms with Gasteiger partial charge in [0.25, 0.3) is 0 Å². The van der Waals surface area contributed by atoms with Gasteiger partial charge in [0.05, 0.1) is 17.7 Å². The van der Waals surface area contributed by atoms with Gasteiger partial charge in [-0.3, -0.25) is 4.79 Å². The van der Waals surface area contributed by atoms with E-state index in [0.717, 1.165) is 4.91 Å². The molecule has 9 nitrogen and oxygen atoms in total. The third kappa shape index (κ3) is 4.10. The Hall–Kier alpha value is -2.56. The molecule has 0 saturated carbocycles. The summed E-state index contributed by atoms with van der Waals surface area (Å²) in [5, 5.41) is 34.9. The highest BCUT2D eigenvalue weighted by Crippen LogP contribution is 2.51. The molecule has 3 aliphatic heterocycles. The van der Waals surface area contributed by atoms with Crippen LogP contribution in [0.5, 0.6) is 0 Å². The van der Waals surface area contributed by atoms with Gasteiger partial charge in [0, 0.05) is 46.8 Å². The summed E-state index contributed by atoms with van der Waals surface area (Å²) in [5.41, 5.74) is 0.837. The van der Waals surface area contributed by atoms with Crippen molar-refractivity contribution >= 4 is 35.3 Å². The highest BCUT2D eigenvalue weighted by atomic mass is 32.2. The summed E-state index contributed by atoms with van der Waals surface area (Å²) in [6.45, 7) is 4.86. The number of nitrogens with one attached hydrogen (secondary N) is 2. The molecular weight excluding hydrogens is 434 g/mol. The molecule has 2 saturated heterocycles. The largest absolute Gasteiger partial charge is 0.478 e. The lowest BCUT2D eigenvalue weighted by atomic mass is 9.80. The monoisotopic (exact) mass is 461 g/mol. The molecule has 3 heterocycles. The molecule has 1 aromatic carbocycles. The van der Waals surface area contributed by atoms with Gasteiger partial charge in [-0.05, 0) is 31.5 Å². The molecular formula is C22H27N3O6S. The van der Waals surface area contributed by atoms with Crippen LogP contribution in [0.15, 0.2) is 34.9 Å². The zero-order chi connectivity index (χ0) is 23.2. The number of aromatic carboxylic acids is 1. The predicted octanol–water partition coefficient (Wildman–Crippen LogP) is 1.41. The molecule has 6 unspecified atom stereocenters. The molecule has 0 spiro atoms. The summed E-state index contributed by atoms with van der Waals surface area (Å²) in [7, 11) is 0. The highest BCUT2D eigenvalue weighted by Gasteiger charge is 2.54. The normalized spacial score (nSPS) is 30.0. The maximum Gasteiger partial charge on any atom is 0.353 e. The number of thioether (sulfide) groups is 1. The number of aliphatic hydroxyl groups is 1. The zero-order valence-electron chi connectivity index (χ0n) is 17.8. The number of carbonyl (C=O) groups is 3. The number of benzene rings is 1. The second-order valence-electron chi connectivity index (χ2n) is 8.67. The lowest BCUT2D eigenvalue weighted by Crippen LogP contribution is -2.59. The van der Waals surface area contributed by atoms with Crippen LogP contribution in [0.2, 0.25) is 0 Å². The fourth-order valence-corrected chi connectivity index (χ4v) is 6.40. The fourth-order valence-electron chi connectivity index (χ4n) is 4.90. The Labute approximate surface area is 189 Å². The molecule has 3 aliphatic rings. The van der Waals surface area contributed by atoms with Gasteiger partial charge in [0.15, 0.2) is 0 Å². The Morgan fingerprint density at radius 3 is 2.66 bits per heavy atom. The lowest BCUT2D eigenvalue weighted by Gasteiger charge is -2.49. The molecule has 32 heavy (non-hydrogen) atoms. The van der Waals surface area contributed by atoms with E-state index in [1.807, 2.05) is 11.8 Å². The Balaban J connectivity index is 1.40. The first kappa shape index (κ1) is 22.6. The standard InChI is InChI=1S/C22H27N3O6S/c1-10-17-15(11(2)26)9-25(17)18(22(30)31)19(10)32-14-7-16(23-8-14)20(27)24-13-5-3-4-12(6-13)21(28)29/h3-6,10-11,14-17,23,26H,7-9H2,1-2H3,(H,24,27)(H,28,29)(H,30,31). The van der Waals surface area contributed by atoms with Crippen LogP contribution in [-0.2, 0) is 9.59 Å². The second-order valence-corrected chi connectivity index (χ2v) is 10.0.